The molecule has 0 unspecified atom stereocenters. The second-order valence-corrected chi connectivity index (χ2v) is 3.21. The number of hydrogen-bond acceptors (Lipinski definition) is 3. The molecule has 0 fully saturated rings. The maximum absolute atomic E-state index is 11.6. The Balaban J connectivity index is 2.13. The minimum Gasteiger partial charge on any atom is -0.508 e. The van der Waals surface area contributed by atoms with Crippen molar-refractivity contribution in [3.05, 3.63) is 48.0 Å². The molecule has 0 aliphatic carbocycles. The Morgan fingerprint density at radius 2 is 2.33 bits per heavy atom. The first-order valence-corrected chi connectivity index (χ1v) is 4.56. The summed E-state index contributed by atoms with van der Waals surface area (Å²) in [4.78, 5) is 18.2. The highest BCUT2D eigenvalue weighted by Crippen LogP contribution is 2.12. The Kier molecular flexibility index (Phi) is 2.49. The van der Waals surface area contributed by atoms with E-state index in [-0.39, 0.29) is 18.0 Å². The highest BCUT2D eigenvalue weighted by atomic mass is 16.3. The second-order valence-electron chi connectivity index (χ2n) is 3.21. The number of aromatic nitrogens is 2. The van der Waals surface area contributed by atoms with Crippen molar-refractivity contribution in [1.82, 2.24) is 9.97 Å². The number of imidazole rings is 1. The van der Waals surface area contributed by atoms with Crippen molar-refractivity contribution < 1.29 is 9.90 Å². The van der Waals surface area contributed by atoms with Crippen molar-refractivity contribution in [2.24, 2.45) is 0 Å². The van der Waals surface area contributed by atoms with E-state index in [2.05, 4.69) is 9.97 Å². The number of phenolic OH excluding ortho intramolecular Hbond substituents is 1. The molecule has 4 heteroatoms. The summed E-state index contributed by atoms with van der Waals surface area (Å²) in [6.07, 6.45) is 3.38. The number of aromatic hydroxyl groups is 1. The van der Waals surface area contributed by atoms with Crippen LogP contribution in [0.2, 0.25) is 0 Å². The molecule has 2 rings (SSSR count). The average Bonchev–Trinajstić information content (AvgIpc) is 2.70. The predicted octanol–water partition coefficient (Wildman–Crippen LogP) is 1.54. The molecular formula is C11H10N2O2. The fraction of sp³-hybridized carbons (Fsp3) is 0.0909. The fourth-order valence-corrected chi connectivity index (χ4v) is 1.35. The van der Waals surface area contributed by atoms with Crippen LogP contribution in [-0.2, 0) is 6.42 Å². The van der Waals surface area contributed by atoms with Gasteiger partial charge in [0.1, 0.15) is 5.75 Å². The third-order valence-electron chi connectivity index (χ3n) is 2.04. The fourth-order valence-electron chi connectivity index (χ4n) is 1.35. The van der Waals surface area contributed by atoms with E-state index in [1.165, 1.54) is 6.20 Å². The molecule has 1 aromatic heterocycles. The van der Waals surface area contributed by atoms with Crippen LogP contribution in [0.5, 0.6) is 5.75 Å². The van der Waals surface area contributed by atoms with E-state index in [1.54, 1.807) is 30.5 Å². The first-order chi connectivity index (χ1) is 7.25. The molecule has 0 radical (unpaired) electrons. The molecule has 0 bridgehead atoms. The van der Waals surface area contributed by atoms with Crippen LogP contribution in [0, 0.1) is 0 Å². The molecular weight excluding hydrogens is 192 g/mol. The number of phenols is 1. The van der Waals surface area contributed by atoms with E-state index in [4.69, 9.17) is 0 Å². The first kappa shape index (κ1) is 9.45. The first-order valence-electron chi connectivity index (χ1n) is 4.56. The normalized spacial score (nSPS) is 10.1. The number of carbonyl (C=O) groups excluding carboxylic acids is 1. The Hall–Kier alpha value is -2.10. The Bertz CT molecular complexity index is 463. The smallest absolute Gasteiger partial charge is 0.202 e. The molecule has 0 saturated carbocycles. The van der Waals surface area contributed by atoms with Gasteiger partial charge in [-0.3, -0.25) is 4.79 Å². The van der Waals surface area contributed by atoms with Gasteiger partial charge in [-0.05, 0) is 17.7 Å². The van der Waals surface area contributed by atoms with Gasteiger partial charge in [0.25, 0.3) is 0 Å². The maximum Gasteiger partial charge on any atom is 0.202 e. The summed E-state index contributed by atoms with van der Waals surface area (Å²) in [6, 6.07) is 6.64. The summed E-state index contributed by atoms with van der Waals surface area (Å²) < 4.78 is 0. The van der Waals surface area contributed by atoms with Gasteiger partial charge in [-0.25, -0.2) is 4.98 Å². The minimum atomic E-state index is -0.0920. The topological polar surface area (TPSA) is 66.0 Å². The minimum absolute atomic E-state index is 0.0920. The number of hydrogen-bond donors (Lipinski definition) is 2. The number of carbonyl (C=O) groups is 1. The van der Waals surface area contributed by atoms with Crippen LogP contribution in [0.1, 0.15) is 16.2 Å². The lowest BCUT2D eigenvalue weighted by atomic mass is 10.1. The standard InChI is InChI=1S/C11H10N2O2/c14-9-3-1-2-8(6-9)7-10(15)11-12-4-5-13-11/h1-6,14H,7H2,(H,12,13). The predicted molar refractivity (Wildman–Crippen MR) is 54.7 cm³/mol. The van der Waals surface area contributed by atoms with E-state index in [0.717, 1.165) is 5.56 Å². The van der Waals surface area contributed by atoms with Crippen molar-refractivity contribution >= 4 is 5.78 Å². The summed E-state index contributed by atoms with van der Waals surface area (Å²) in [6.45, 7) is 0. The van der Waals surface area contributed by atoms with E-state index in [9.17, 15) is 9.90 Å². The molecule has 2 N–H and O–H groups in total. The van der Waals surface area contributed by atoms with E-state index in [0.29, 0.717) is 5.82 Å². The van der Waals surface area contributed by atoms with Crippen molar-refractivity contribution in [1.29, 1.82) is 0 Å². The van der Waals surface area contributed by atoms with Gasteiger partial charge in [0.05, 0.1) is 0 Å². The lowest BCUT2D eigenvalue weighted by molar-refractivity contribution is 0.0984. The third-order valence-corrected chi connectivity index (χ3v) is 2.04. The maximum atomic E-state index is 11.6. The zero-order valence-corrected chi connectivity index (χ0v) is 7.97. The zero-order chi connectivity index (χ0) is 10.7. The van der Waals surface area contributed by atoms with Crippen LogP contribution >= 0.6 is 0 Å². The molecule has 0 aliphatic rings. The lowest BCUT2D eigenvalue weighted by Crippen LogP contribution is -2.05. The van der Waals surface area contributed by atoms with Crippen LogP contribution in [-0.4, -0.2) is 20.9 Å². The quantitative estimate of drug-likeness (QED) is 0.742. The van der Waals surface area contributed by atoms with Gasteiger partial charge < -0.3 is 10.1 Å². The largest absolute Gasteiger partial charge is 0.508 e. The highest BCUT2D eigenvalue weighted by Gasteiger charge is 2.08. The Morgan fingerprint density at radius 1 is 1.47 bits per heavy atom. The van der Waals surface area contributed by atoms with Crippen LogP contribution in [0.3, 0.4) is 0 Å². The number of Topliss-reactive ketones (excluding diaryl/α,β-unsaturated/α-hetero) is 1. The Labute approximate surface area is 86.6 Å². The van der Waals surface area contributed by atoms with Crippen LogP contribution < -0.4 is 0 Å². The van der Waals surface area contributed by atoms with Crippen LogP contribution in [0.25, 0.3) is 0 Å². The van der Waals surface area contributed by atoms with Gasteiger partial charge in [0.15, 0.2) is 5.82 Å². The number of nitrogens with one attached hydrogen (secondary N) is 1. The molecule has 0 amide bonds. The van der Waals surface area contributed by atoms with Gasteiger partial charge in [0, 0.05) is 18.8 Å². The number of H-pyrrole nitrogens is 1. The van der Waals surface area contributed by atoms with E-state index >= 15 is 0 Å². The molecule has 15 heavy (non-hydrogen) atoms. The zero-order valence-electron chi connectivity index (χ0n) is 7.97. The molecule has 1 aromatic carbocycles. The molecule has 0 atom stereocenters. The Morgan fingerprint density at radius 3 is 3.00 bits per heavy atom. The molecule has 0 spiro atoms. The summed E-state index contributed by atoms with van der Waals surface area (Å²) in [7, 11) is 0. The van der Waals surface area contributed by atoms with Crippen molar-refractivity contribution in [2.75, 3.05) is 0 Å². The van der Waals surface area contributed by atoms with Crippen molar-refractivity contribution in [3.63, 3.8) is 0 Å². The molecule has 76 valence electrons. The molecule has 1 heterocycles. The number of rotatable bonds is 3. The van der Waals surface area contributed by atoms with Gasteiger partial charge in [-0.15, -0.1) is 0 Å². The summed E-state index contributed by atoms with van der Waals surface area (Å²) in [5, 5.41) is 9.22. The van der Waals surface area contributed by atoms with Gasteiger partial charge in [-0.1, -0.05) is 12.1 Å². The summed E-state index contributed by atoms with van der Waals surface area (Å²) >= 11 is 0. The number of ketones is 1. The van der Waals surface area contributed by atoms with Gasteiger partial charge in [-0.2, -0.15) is 0 Å². The van der Waals surface area contributed by atoms with E-state index in [1.807, 2.05) is 0 Å². The number of aromatic amines is 1. The molecule has 0 saturated heterocycles. The van der Waals surface area contributed by atoms with Crippen molar-refractivity contribution in [2.45, 2.75) is 6.42 Å². The monoisotopic (exact) mass is 202 g/mol. The van der Waals surface area contributed by atoms with E-state index < -0.39 is 0 Å². The summed E-state index contributed by atoms with van der Waals surface area (Å²) in [5.41, 5.74) is 0.774. The third kappa shape index (κ3) is 2.22. The average molecular weight is 202 g/mol. The number of nitrogens with zero attached hydrogens (tertiary/aromatic N) is 1. The molecule has 4 nitrogen and oxygen atoms in total. The van der Waals surface area contributed by atoms with Gasteiger partial charge in [0.2, 0.25) is 5.78 Å². The molecule has 0 aliphatic heterocycles. The van der Waals surface area contributed by atoms with Crippen LogP contribution in [0.15, 0.2) is 36.7 Å². The number of benzene rings is 1. The van der Waals surface area contributed by atoms with Crippen LogP contribution in [0.4, 0.5) is 0 Å². The lowest BCUT2D eigenvalue weighted by Gasteiger charge is -1.99. The summed E-state index contributed by atoms with van der Waals surface area (Å²) in [5.74, 6) is 0.420. The second kappa shape index (κ2) is 3.96. The highest BCUT2D eigenvalue weighted by molar-refractivity contribution is 5.94. The van der Waals surface area contributed by atoms with Crippen molar-refractivity contribution in [3.8, 4) is 5.75 Å². The SMILES string of the molecule is O=C(Cc1cccc(O)c1)c1ncc[nH]1. The van der Waals surface area contributed by atoms with Gasteiger partial charge >= 0.3 is 0 Å². The molecule has 2 aromatic rings.